The largest absolute Gasteiger partial charge is 0.335 e. The maximum Gasteiger partial charge on any atom is 0.241 e. The molecule has 5 heteroatoms. The molecule has 0 bridgehead atoms. The molecule has 0 aliphatic carbocycles. The summed E-state index contributed by atoms with van der Waals surface area (Å²) in [4.78, 5) is 12.5. The van der Waals surface area contributed by atoms with E-state index in [2.05, 4.69) is 0 Å². The number of benzene rings is 1. The van der Waals surface area contributed by atoms with Crippen LogP contribution in [0.3, 0.4) is 0 Å². The second-order valence-electron chi connectivity index (χ2n) is 3.56. The molecule has 1 heterocycles. The van der Waals surface area contributed by atoms with Crippen molar-refractivity contribution < 1.29 is 13.6 Å². The highest BCUT2D eigenvalue weighted by Crippen LogP contribution is 2.16. The topological polar surface area (TPSA) is 46.3 Å². The predicted molar refractivity (Wildman–Crippen MR) is 49.8 cm³/mol. The number of nitrogens with two attached hydrogens (primary N) is 1. The van der Waals surface area contributed by atoms with Gasteiger partial charge in [-0.05, 0) is 18.2 Å². The van der Waals surface area contributed by atoms with Gasteiger partial charge in [0.15, 0.2) is 0 Å². The molecule has 1 aliphatic heterocycles. The van der Waals surface area contributed by atoms with E-state index in [4.69, 9.17) is 5.73 Å². The zero-order valence-electron chi connectivity index (χ0n) is 7.91. The summed E-state index contributed by atoms with van der Waals surface area (Å²) in [6.07, 6.45) is 0. The van der Waals surface area contributed by atoms with Crippen LogP contribution < -0.4 is 5.73 Å². The average molecular weight is 212 g/mol. The van der Waals surface area contributed by atoms with Crippen molar-refractivity contribution in [2.45, 2.75) is 12.6 Å². The van der Waals surface area contributed by atoms with E-state index in [1.807, 2.05) is 0 Å². The van der Waals surface area contributed by atoms with Crippen LogP contribution in [0.25, 0.3) is 0 Å². The Morgan fingerprint density at radius 1 is 1.47 bits per heavy atom. The molecule has 1 aromatic carbocycles. The average Bonchev–Trinajstić information content (AvgIpc) is 2.22. The molecular formula is C10H10F2N2O. The van der Waals surface area contributed by atoms with Crippen molar-refractivity contribution in [3.05, 3.63) is 35.4 Å². The number of halogens is 2. The van der Waals surface area contributed by atoms with E-state index < -0.39 is 17.7 Å². The smallest absolute Gasteiger partial charge is 0.241 e. The first-order chi connectivity index (χ1) is 7.08. The molecule has 2 N–H and O–H groups in total. The summed E-state index contributed by atoms with van der Waals surface area (Å²) in [6, 6.07) is 2.70. The molecule has 1 aromatic rings. The Kier molecular flexibility index (Phi) is 2.40. The maximum atomic E-state index is 13.2. The highest BCUT2D eigenvalue weighted by atomic mass is 19.1. The lowest BCUT2D eigenvalue weighted by Gasteiger charge is -2.36. The summed E-state index contributed by atoms with van der Waals surface area (Å²) >= 11 is 0. The summed E-state index contributed by atoms with van der Waals surface area (Å²) in [5, 5.41) is 0. The summed E-state index contributed by atoms with van der Waals surface area (Å²) in [5.74, 6) is -1.24. The number of hydrogen-bond donors (Lipinski definition) is 1. The number of likely N-dealkylation sites (tertiary alicyclic amines) is 1. The van der Waals surface area contributed by atoms with E-state index in [0.29, 0.717) is 6.54 Å². The monoisotopic (exact) mass is 212 g/mol. The lowest BCUT2D eigenvalue weighted by atomic mass is 10.1. The summed E-state index contributed by atoms with van der Waals surface area (Å²) in [6.45, 7) is 0.477. The van der Waals surface area contributed by atoms with Crippen LogP contribution in [0.2, 0.25) is 0 Å². The van der Waals surface area contributed by atoms with Gasteiger partial charge in [-0.3, -0.25) is 4.79 Å². The van der Waals surface area contributed by atoms with Crippen molar-refractivity contribution in [3.63, 3.8) is 0 Å². The van der Waals surface area contributed by atoms with Crippen LogP contribution in [0, 0.1) is 11.6 Å². The number of nitrogens with zero attached hydrogens (tertiary/aromatic N) is 1. The van der Waals surface area contributed by atoms with E-state index >= 15 is 0 Å². The van der Waals surface area contributed by atoms with Gasteiger partial charge in [-0.1, -0.05) is 0 Å². The van der Waals surface area contributed by atoms with Crippen LogP contribution in [-0.4, -0.2) is 23.4 Å². The number of hydrogen-bond acceptors (Lipinski definition) is 2. The van der Waals surface area contributed by atoms with Crippen LogP contribution in [0.4, 0.5) is 8.78 Å². The molecule has 1 aliphatic rings. The second kappa shape index (κ2) is 3.58. The quantitative estimate of drug-likeness (QED) is 0.731. The fourth-order valence-electron chi connectivity index (χ4n) is 1.54. The van der Waals surface area contributed by atoms with Crippen molar-refractivity contribution in [2.75, 3.05) is 6.54 Å². The van der Waals surface area contributed by atoms with Gasteiger partial charge in [0.2, 0.25) is 5.91 Å². The third-order valence-electron chi connectivity index (χ3n) is 2.41. The Bertz CT molecular complexity index is 408. The van der Waals surface area contributed by atoms with Crippen LogP contribution in [0.5, 0.6) is 0 Å². The third-order valence-corrected chi connectivity index (χ3v) is 2.41. The van der Waals surface area contributed by atoms with Gasteiger partial charge in [0, 0.05) is 18.7 Å². The number of carbonyl (C=O) groups is 1. The third kappa shape index (κ3) is 1.83. The van der Waals surface area contributed by atoms with E-state index in [0.717, 1.165) is 18.2 Å². The number of rotatable bonds is 2. The summed E-state index contributed by atoms with van der Waals surface area (Å²) in [7, 11) is 0. The first-order valence-electron chi connectivity index (χ1n) is 4.56. The Morgan fingerprint density at radius 2 is 2.20 bits per heavy atom. The summed E-state index contributed by atoms with van der Waals surface area (Å²) in [5.41, 5.74) is 5.55. The van der Waals surface area contributed by atoms with Gasteiger partial charge >= 0.3 is 0 Å². The fraction of sp³-hybridized carbons (Fsp3) is 0.300. The first-order valence-corrected chi connectivity index (χ1v) is 4.56. The van der Waals surface area contributed by atoms with Crippen molar-refractivity contribution in [3.8, 4) is 0 Å². The first kappa shape index (κ1) is 10.0. The van der Waals surface area contributed by atoms with Crippen LogP contribution in [0.1, 0.15) is 5.56 Å². The highest BCUT2D eigenvalue weighted by molar-refractivity contribution is 5.87. The van der Waals surface area contributed by atoms with Crippen molar-refractivity contribution >= 4 is 5.91 Å². The number of β-lactam (4-membered cyclic amide) rings is 1. The molecule has 0 radical (unpaired) electrons. The lowest BCUT2D eigenvalue weighted by Crippen LogP contribution is -2.60. The molecule has 1 atom stereocenters. The van der Waals surface area contributed by atoms with E-state index in [1.165, 1.54) is 4.90 Å². The minimum absolute atomic E-state index is 0.0795. The zero-order chi connectivity index (χ0) is 11.0. The Balaban J connectivity index is 2.11. The Hall–Kier alpha value is -1.49. The number of carbonyl (C=O) groups excluding carboxylic acids is 1. The normalized spacial score (nSPS) is 20.3. The van der Waals surface area contributed by atoms with Gasteiger partial charge in [0.05, 0.1) is 0 Å². The molecule has 0 saturated carbocycles. The van der Waals surface area contributed by atoms with Gasteiger partial charge in [-0.2, -0.15) is 0 Å². The standard InChI is InChI=1S/C10H10F2N2O/c11-7-1-2-8(12)6(3-7)4-14-5-9(13)10(14)15/h1-3,9H,4-5,13H2. The predicted octanol–water partition coefficient (Wildman–Crippen LogP) is 0.634. The molecular weight excluding hydrogens is 202 g/mol. The Labute approximate surface area is 85.5 Å². The van der Waals surface area contributed by atoms with Crippen LogP contribution in [0.15, 0.2) is 18.2 Å². The highest BCUT2D eigenvalue weighted by Gasteiger charge is 2.33. The van der Waals surface area contributed by atoms with E-state index in [-0.39, 0.29) is 18.0 Å². The summed E-state index contributed by atoms with van der Waals surface area (Å²) < 4.78 is 26.0. The lowest BCUT2D eigenvalue weighted by molar-refractivity contribution is -0.143. The minimum atomic E-state index is -0.510. The molecule has 1 amide bonds. The molecule has 0 spiro atoms. The van der Waals surface area contributed by atoms with Crippen molar-refractivity contribution in [1.29, 1.82) is 0 Å². The fourth-order valence-corrected chi connectivity index (χ4v) is 1.54. The molecule has 1 fully saturated rings. The SMILES string of the molecule is NC1CN(Cc2cc(F)ccc2F)C1=O. The van der Waals surface area contributed by atoms with E-state index in [9.17, 15) is 13.6 Å². The van der Waals surface area contributed by atoms with Gasteiger partial charge in [-0.25, -0.2) is 8.78 Å². The van der Waals surface area contributed by atoms with Crippen molar-refractivity contribution in [1.82, 2.24) is 4.90 Å². The van der Waals surface area contributed by atoms with Gasteiger partial charge < -0.3 is 10.6 Å². The molecule has 0 aromatic heterocycles. The molecule has 80 valence electrons. The molecule has 2 rings (SSSR count). The minimum Gasteiger partial charge on any atom is -0.335 e. The van der Waals surface area contributed by atoms with Gasteiger partial charge in [0.25, 0.3) is 0 Å². The number of amides is 1. The molecule has 3 nitrogen and oxygen atoms in total. The van der Waals surface area contributed by atoms with Crippen molar-refractivity contribution in [2.24, 2.45) is 5.73 Å². The maximum absolute atomic E-state index is 13.2. The van der Waals surface area contributed by atoms with Crippen LogP contribution >= 0.6 is 0 Å². The molecule has 1 unspecified atom stereocenters. The van der Waals surface area contributed by atoms with Crippen LogP contribution in [-0.2, 0) is 11.3 Å². The zero-order valence-corrected chi connectivity index (χ0v) is 7.91. The molecule has 15 heavy (non-hydrogen) atoms. The van der Waals surface area contributed by atoms with Gasteiger partial charge in [0.1, 0.15) is 17.7 Å². The molecule has 1 saturated heterocycles. The second-order valence-corrected chi connectivity index (χ2v) is 3.56. The van der Waals surface area contributed by atoms with E-state index in [1.54, 1.807) is 0 Å². The van der Waals surface area contributed by atoms with Gasteiger partial charge in [-0.15, -0.1) is 0 Å². The Morgan fingerprint density at radius 3 is 2.80 bits per heavy atom.